The molecule has 0 saturated carbocycles. The van der Waals surface area contributed by atoms with Gasteiger partial charge in [0.15, 0.2) is 0 Å². The Morgan fingerprint density at radius 3 is 2.83 bits per heavy atom. The molecule has 130 valence electrons. The van der Waals surface area contributed by atoms with Crippen molar-refractivity contribution in [2.45, 2.75) is 38.4 Å². The topological polar surface area (TPSA) is 45.3 Å². The molecule has 1 aromatic heterocycles. The van der Waals surface area contributed by atoms with Crippen LogP contribution in [-0.4, -0.2) is 41.7 Å². The molecule has 3 rings (SSSR count). The fourth-order valence-corrected chi connectivity index (χ4v) is 3.47. The van der Waals surface area contributed by atoms with Crippen LogP contribution in [0.4, 0.5) is 13.2 Å². The van der Waals surface area contributed by atoms with E-state index >= 15 is 0 Å². The highest BCUT2D eigenvalue weighted by Crippen LogP contribution is 2.32. The summed E-state index contributed by atoms with van der Waals surface area (Å²) < 4.78 is 43.5. The predicted octanol–water partition coefficient (Wildman–Crippen LogP) is 3.58. The summed E-state index contributed by atoms with van der Waals surface area (Å²) in [6.07, 6.45) is -3.24. The van der Waals surface area contributed by atoms with E-state index in [-0.39, 0.29) is 6.54 Å². The predicted molar refractivity (Wildman–Crippen MR) is 84.1 cm³/mol. The summed E-state index contributed by atoms with van der Waals surface area (Å²) in [6.45, 7) is 2.06. The molecule has 1 amide bonds. The average molecular weight is 340 g/mol. The lowest BCUT2D eigenvalue weighted by Gasteiger charge is -2.25. The first-order chi connectivity index (χ1) is 11.3. The Morgan fingerprint density at radius 2 is 2.17 bits per heavy atom. The van der Waals surface area contributed by atoms with Gasteiger partial charge in [-0.15, -0.1) is 0 Å². The SMILES string of the molecule is COc1ccc2[nH]c(C)c(CC3CCCN3C(=O)C(F)(F)F)c2c1. The van der Waals surface area contributed by atoms with Crippen molar-refractivity contribution in [2.24, 2.45) is 0 Å². The Balaban J connectivity index is 1.91. The molecule has 0 spiro atoms. The highest BCUT2D eigenvalue weighted by molar-refractivity contribution is 5.86. The number of halogens is 3. The molecule has 2 aromatic rings. The van der Waals surface area contributed by atoms with Gasteiger partial charge < -0.3 is 14.6 Å². The third kappa shape index (κ3) is 2.95. The summed E-state index contributed by atoms with van der Waals surface area (Å²) in [4.78, 5) is 15.8. The molecular formula is C17H19F3N2O2. The van der Waals surface area contributed by atoms with Crippen LogP contribution in [0.15, 0.2) is 18.2 Å². The van der Waals surface area contributed by atoms with E-state index in [2.05, 4.69) is 4.98 Å². The molecule has 0 aliphatic carbocycles. The fraction of sp³-hybridized carbons (Fsp3) is 0.471. The number of methoxy groups -OCH3 is 1. The van der Waals surface area contributed by atoms with Gasteiger partial charge in [-0.05, 0) is 49.9 Å². The maximum atomic E-state index is 12.8. The van der Waals surface area contributed by atoms with Crippen LogP contribution in [0.2, 0.25) is 0 Å². The maximum absolute atomic E-state index is 12.8. The minimum Gasteiger partial charge on any atom is -0.497 e. The van der Waals surface area contributed by atoms with E-state index in [1.807, 2.05) is 25.1 Å². The molecule has 1 aliphatic rings. The van der Waals surface area contributed by atoms with Crippen LogP contribution >= 0.6 is 0 Å². The van der Waals surface area contributed by atoms with Crippen molar-refractivity contribution in [3.63, 3.8) is 0 Å². The van der Waals surface area contributed by atoms with Crippen LogP contribution in [0.25, 0.3) is 10.9 Å². The van der Waals surface area contributed by atoms with Crippen LogP contribution in [0.3, 0.4) is 0 Å². The standard InChI is InChI=1S/C17H19F3N2O2/c1-10-13(14-9-12(24-2)5-6-15(14)21-10)8-11-4-3-7-22(11)16(23)17(18,19)20/h5-6,9,11,21H,3-4,7-8H2,1-2H3. The number of aryl methyl sites for hydroxylation is 1. The van der Waals surface area contributed by atoms with Gasteiger partial charge in [-0.25, -0.2) is 0 Å². The van der Waals surface area contributed by atoms with E-state index < -0.39 is 18.1 Å². The highest BCUT2D eigenvalue weighted by Gasteiger charge is 2.46. The minimum atomic E-state index is -4.82. The molecule has 0 bridgehead atoms. The molecule has 0 radical (unpaired) electrons. The zero-order chi connectivity index (χ0) is 17.5. The van der Waals surface area contributed by atoms with E-state index in [1.165, 1.54) is 0 Å². The number of aromatic nitrogens is 1. The van der Waals surface area contributed by atoms with Crippen molar-refractivity contribution in [3.8, 4) is 5.75 Å². The number of fused-ring (bicyclic) bond motifs is 1. The van der Waals surface area contributed by atoms with Crippen LogP contribution < -0.4 is 4.74 Å². The van der Waals surface area contributed by atoms with Crippen molar-refractivity contribution >= 4 is 16.8 Å². The summed E-state index contributed by atoms with van der Waals surface area (Å²) in [5.41, 5.74) is 2.76. The average Bonchev–Trinajstić information content (AvgIpc) is 3.10. The summed E-state index contributed by atoms with van der Waals surface area (Å²) in [7, 11) is 1.57. The van der Waals surface area contributed by atoms with Gasteiger partial charge in [-0.1, -0.05) is 0 Å². The van der Waals surface area contributed by atoms with Crippen LogP contribution in [0, 0.1) is 6.92 Å². The van der Waals surface area contributed by atoms with E-state index in [0.29, 0.717) is 25.0 Å². The molecule has 1 aliphatic heterocycles. The van der Waals surface area contributed by atoms with Gasteiger partial charge >= 0.3 is 12.1 Å². The third-order valence-corrected chi connectivity index (χ3v) is 4.65. The van der Waals surface area contributed by atoms with Gasteiger partial charge in [0.05, 0.1) is 7.11 Å². The lowest BCUT2D eigenvalue weighted by Crippen LogP contribution is -2.44. The first kappa shape index (κ1) is 16.7. The molecule has 1 aromatic carbocycles. The van der Waals surface area contributed by atoms with Crippen LogP contribution in [0.5, 0.6) is 5.75 Å². The number of nitrogens with zero attached hydrogens (tertiary/aromatic N) is 1. The molecule has 2 heterocycles. The monoisotopic (exact) mass is 340 g/mol. The summed E-state index contributed by atoms with van der Waals surface area (Å²) in [6, 6.07) is 5.16. The molecule has 1 saturated heterocycles. The van der Waals surface area contributed by atoms with Crippen molar-refractivity contribution in [2.75, 3.05) is 13.7 Å². The maximum Gasteiger partial charge on any atom is 0.471 e. The van der Waals surface area contributed by atoms with Gasteiger partial charge in [0, 0.05) is 29.2 Å². The largest absolute Gasteiger partial charge is 0.497 e. The molecule has 1 atom stereocenters. The number of carbonyl (C=O) groups is 1. The number of carbonyl (C=O) groups excluding carboxylic acids is 1. The molecular weight excluding hydrogens is 321 g/mol. The molecule has 24 heavy (non-hydrogen) atoms. The Bertz CT molecular complexity index is 767. The van der Waals surface area contributed by atoms with Crippen LogP contribution in [0.1, 0.15) is 24.1 Å². The first-order valence-electron chi connectivity index (χ1n) is 7.84. The second-order valence-electron chi connectivity index (χ2n) is 6.14. The lowest BCUT2D eigenvalue weighted by atomic mass is 10.0. The van der Waals surface area contributed by atoms with Crippen molar-refractivity contribution in [3.05, 3.63) is 29.5 Å². The van der Waals surface area contributed by atoms with Gasteiger partial charge in [0.1, 0.15) is 5.75 Å². The number of ether oxygens (including phenoxy) is 1. The number of benzene rings is 1. The Hall–Kier alpha value is -2.18. The molecule has 7 heteroatoms. The minimum absolute atomic E-state index is 0.160. The second-order valence-corrected chi connectivity index (χ2v) is 6.14. The van der Waals surface area contributed by atoms with Gasteiger partial charge in [0.2, 0.25) is 0 Å². The van der Waals surface area contributed by atoms with Gasteiger partial charge in [-0.3, -0.25) is 4.79 Å². The molecule has 1 unspecified atom stereocenters. The van der Waals surface area contributed by atoms with Crippen LogP contribution in [-0.2, 0) is 11.2 Å². The second kappa shape index (κ2) is 6.03. The van der Waals surface area contributed by atoms with E-state index in [4.69, 9.17) is 4.74 Å². The smallest absolute Gasteiger partial charge is 0.471 e. The number of aromatic amines is 1. The Labute approximate surface area is 137 Å². The highest BCUT2D eigenvalue weighted by atomic mass is 19.4. The number of nitrogens with one attached hydrogen (secondary N) is 1. The lowest BCUT2D eigenvalue weighted by molar-refractivity contribution is -0.186. The van der Waals surface area contributed by atoms with Crippen molar-refractivity contribution in [1.29, 1.82) is 0 Å². The van der Waals surface area contributed by atoms with Crippen molar-refractivity contribution in [1.82, 2.24) is 9.88 Å². The van der Waals surface area contributed by atoms with Crippen molar-refractivity contribution < 1.29 is 22.7 Å². The number of hydrogen-bond donors (Lipinski definition) is 1. The molecule has 1 fully saturated rings. The summed E-state index contributed by atoms with van der Waals surface area (Å²) in [5.74, 6) is -1.04. The normalized spacial score (nSPS) is 18.4. The quantitative estimate of drug-likeness (QED) is 0.928. The number of likely N-dealkylation sites (tertiary alicyclic amines) is 1. The third-order valence-electron chi connectivity index (χ3n) is 4.65. The number of alkyl halides is 3. The van der Waals surface area contributed by atoms with E-state index in [1.54, 1.807) is 7.11 Å². The van der Waals surface area contributed by atoms with Gasteiger partial charge in [-0.2, -0.15) is 13.2 Å². The number of rotatable bonds is 3. The number of H-pyrrole nitrogens is 1. The number of amides is 1. The van der Waals surface area contributed by atoms with Gasteiger partial charge in [0.25, 0.3) is 0 Å². The number of hydrogen-bond acceptors (Lipinski definition) is 2. The Morgan fingerprint density at radius 1 is 1.42 bits per heavy atom. The zero-order valence-electron chi connectivity index (χ0n) is 13.5. The molecule has 1 N–H and O–H groups in total. The molecule has 4 nitrogen and oxygen atoms in total. The van der Waals surface area contributed by atoms with E-state index in [0.717, 1.165) is 27.1 Å². The Kier molecular flexibility index (Phi) is 4.19. The van der Waals surface area contributed by atoms with E-state index in [9.17, 15) is 18.0 Å². The fourth-order valence-electron chi connectivity index (χ4n) is 3.47. The first-order valence-corrected chi connectivity index (χ1v) is 7.84. The summed E-state index contributed by atoms with van der Waals surface area (Å²) >= 11 is 0. The zero-order valence-corrected chi connectivity index (χ0v) is 13.5. The summed E-state index contributed by atoms with van der Waals surface area (Å²) in [5, 5.41) is 0.929.